The first-order chi connectivity index (χ1) is 11.5. The number of nitro benzene ring substituents is 1. The van der Waals surface area contributed by atoms with Crippen LogP contribution in [0.3, 0.4) is 0 Å². The van der Waals surface area contributed by atoms with Crippen molar-refractivity contribution in [1.29, 1.82) is 0 Å². The zero-order chi connectivity index (χ0) is 18.8. The fourth-order valence-electron chi connectivity index (χ4n) is 3.13. The molecule has 0 aliphatic carbocycles. The van der Waals surface area contributed by atoms with Gasteiger partial charge < -0.3 is 0 Å². The fourth-order valence-corrected chi connectivity index (χ4v) is 3.13. The van der Waals surface area contributed by atoms with E-state index in [-0.39, 0.29) is 31.4 Å². The molecule has 1 atom stereocenters. The lowest BCUT2D eigenvalue weighted by molar-refractivity contribution is -0.385. The molecule has 0 radical (unpaired) electrons. The number of halogens is 3. The Balaban J connectivity index is 2.10. The number of nitrogens with zero attached hydrogens (tertiary/aromatic N) is 2. The van der Waals surface area contributed by atoms with E-state index in [1.807, 2.05) is 0 Å². The second kappa shape index (κ2) is 6.99. The number of hydrazine groups is 1. The van der Waals surface area contributed by atoms with E-state index in [1.54, 1.807) is 26.0 Å². The second-order valence-corrected chi connectivity index (χ2v) is 6.73. The Labute approximate surface area is 143 Å². The van der Waals surface area contributed by atoms with E-state index in [2.05, 4.69) is 5.43 Å². The Morgan fingerprint density at radius 1 is 1.36 bits per heavy atom. The first-order valence-corrected chi connectivity index (χ1v) is 7.90. The van der Waals surface area contributed by atoms with Gasteiger partial charge in [-0.1, -0.05) is 18.2 Å². The van der Waals surface area contributed by atoms with E-state index in [0.29, 0.717) is 5.56 Å². The first-order valence-electron chi connectivity index (χ1n) is 7.90. The SMILES string of the molecule is CC1(C)CC(=O)NN1C(CCCc1ccccc1[N+](=O)[O-])C(F)(F)F. The van der Waals surface area contributed by atoms with Gasteiger partial charge in [-0.05, 0) is 33.1 Å². The standard InChI is InChI=1S/C16H20F3N3O3/c1-15(2)10-14(23)20-21(15)13(16(17,18)19)9-5-7-11-6-3-4-8-12(11)22(24)25/h3-4,6,8,13H,5,7,9-10H2,1-2H3,(H,20,23). The molecule has 1 unspecified atom stereocenters. The highest BCUT2D eigenvalue weighted by Gasteiger charge is 2.51. The van der Waals surface area contributed by atoms with E-state index in [4.69, 9.17) is 0 Å². The number of nitro groups is 1. The summed E-state index contributed by atoms with van der Waals surface area (Å²) < 4.78 is 40.4. The topological polar surface area (TPSA) is 75.5 Å². The Morgan fingerprint density at radius 3 is 2.52 bits per heavy atom. The predicted octanol–water partition coefficient (Wildman–Crippen LogP) is 3.36. The smallest absolute Gasteiger partial charge is 0.288 e. The van der Waals surface area contributed by atoms with Crippen LogP contribution in [0.1, 0.15) is 38.7 Å². The van der Waals surface area contributed by atoms with Crippen LogP contribution in [0, 0.1) is 10.1 Å². The van der Waals surface area contributed by atoms with E-state index in [9.17, 15) is 28.1 Å². The van der Waals surface area contributed by atoms with Gasteiger partial charge in [0, 0.05) is 23.6 Å². The molecular weight excluding hydrogens is 339 g/mol. The number of benzene rings is 1. The number of amides is 1. The second-order valence-electron chi connectivity index (χ2n) is 6.73. The molecule has 25 heavy (non-hydrogen) atoms. The third-order valence-corrected chi connectivity index (χ3v) is 4.29. The van der Waals surface area contributed by atoms with Crippen LogP contribution in [0.25, 0.3) is 0 Å². The van der Waals surface area contributed by atoms with Crippen molar-refractivity contribution in [2.24, 2.45) is 0 Å². The number of aryl methyl sites for hydroxylation is 1. The Hall–Kier alpha value is -2.16. The zero-order valence-corrected chi connectivity index (χ0v) is 14.0. The van der Waals surface area contributed by atoms with Crippen LogP contribution >= 0.6 is 0 Å². The Bertz CT molecular complexity index is 662. The van der Waals surface area contributed by atoms with Crippen molar-refractivity contribution in [2.75, 3.05) is 0 Å². The third-order valence-electron chi connectivity index (χ3n) is 4.29. The fraction of sp³-hybridized carbons (Fsp3) is 0.562. The third kappa shape index (κ3) is 4.47. The van der Waals surface area contributed by atoms with Crippen LogP contribution in [-0.4, -0.2) is 33.6 Å². The van der Waals surface area contributed by atoms with Crippen LogP contribution in [0.2, 0.25) is 0 Å². The van der Waals surface area contributed by atoms with Crippen molar-refractivity contribution in [3.63, 3.8) is 0 Å². The molecule has 0 spiro atoms. The van der Waals surface area contributed by atoms with E-state index < -0.39 is 28.6 Å². The maximum atomic E-state index is 13.5. The van der Waals surface area contributed by atoms with Crippen LogP contribution in [0.4, 0.5) is 18.9 Å². The molecule has 1 aromatic rings. The quantitative estimate of drug-likeness (QED) is 0.624. The normalized spacial score (nSPS) is 18.8. The Morgan fingerprint density at radius 2 is 2.00 bits per heavy atom. The molecule has 9 heteroatoms. The summed E-state index contributed by atoms with van der Waals surface area (Å²) in [6, 6.07) is 4.18. The van der Waals surface area contributed by atoms with E-state index in [0.717, 1.165) is 5.01 Å². The number of para-hydroxylation sites is 1. The highest BCUT2D eigenvalue weighted by Crippen LogP contribution is 2.35. The summed E-state index contributed by atoms with van der Waals surface area (Å²) in [5.74, 6) is -0.446. The van der Waals surface area contributed by atoms with Gasteiger partial charge in [0.1, 0.15) is 6.04 Å². The average Bonchev–Trinajstić information content (AvgIpc) is 2.75. The molecule has 1 fully saturated rings. The molecule has 1 aliphatic rings. The van der Waals surface area contributed by atoms with Gasteiger partial charge in [-0.15, -0.1) is 0 Å². The average molecular weight is 359 g/mol. The lowest BCUT2D eigenvalue weighted by atomic mass is 9.97. The molecule has 0 saturated carbocycles. The highest BCUT2D eigenvalue weighted by atomic mass is 19.4. The number of carbonyl (C=O) groups is 1. The molecule has 6 nitrogen and oxygen atoms in total. The molecule has 1 amide bonds. The van der Waals surface area contributed by atoms with Crippen molar-refractivity contribution < 1.29 is 22.9 Å². The number of nitrogens with one attached hydrogen (secondary N) is 1. The van der Waals surface area contributed by atoms with Gasteiger partial charge in [-0.2, -0.15) is 13.2 Å². The number of carbonyl (C=O) groups excluding carboxylic acids is 1. The van der Waals surface area contributed by atoms with Gasteiger partial charge in [-0.25, -0.2) is 5.01 Å². The molecule has 1 aliphatic heterocycles. The molecule has 1 saturated heterocycles. The summed E-state index contributed by atoms with van der Waals surface area (Å²) in [6.07, 6.45) is -4.52. The highest BCUT2D eigenvalue weighted by molar-refractivity contribution is 5.78. The van der Waals surface area contributed by atoms with Crippen molar-refractivity contribution in [3.8, 4) is 0 Å². The van der Waals surface area contributed by atoms with Gasteiger partial charge >= 0.3 is 6.18 Å². The minimum Gasteiger partial charge on any atom is -0.288 e. The zero-order valence-electron chi connectivity index (χ0n) is 14.0. The maximum Gasteiger partial charge on any atom is 0.405 e. The van der Waals surface area contributed by atoms with Gasteiger partial charge in [-0.3, -0.25) is 20.3 Å². The van der Waals surface area contributed by atoms with Crippen LogP contribution < -0.4 is 5.43 Å². The van der Waals surface area contributed by atoms with Gasteiger partial charge in [0.15, 0.2) is 0 Å². The molecule has 138 valence electrons. The van der Waals surface area contributed by atoms with Crippen molar-refractivity contribution in [1.82, 2.24) is 10.4 Å². The Kier molecular flexibility index (Phi) is 5.36. The molecule has 1 heterocycles. The summed E-state index contributed by atoms with van der Waals surface area (Å²) >= 11 is 0. The van der Waals surface area contributed by atoms with Crippen molar-refractivity contribution in [3.05, 3.63) is 39.9 Å². The maximum absolute atomic E-state index is 13.5. The molecule has 0 bridgehead atoms. The molecule has 0 aromatic heterocycles. The van der Waals surface area contributed by atoms with Gasteiger partial charge in [0.25, 0.3) is 5.69 Å². The monoisotopic (exact) mass is 359 g/mol. The predicted molar refractivity (Wildman–Crippen MR) is 84.6 cm³/mol. The summed E-state index contributed by atoms with van der Waals surface area (Å²) in [5.41, 5.74) is 1.65. The lowest BCUT2D eigenvalue weighted by Crippen LogP contribution is -2.56. The minimum absolute atomic E-state index is 0.0102. The number of hydrogen-bond acceptors (Lipinski definition) is 4. The number of hydrogen-bond donors (Lipinski definition) is 1. The summed E-state index contributed by atoms with van der Waals surface area (Å²) in [6.45, 7) is 3.15. The minimum atomic E-state index is -4.52. The van der Waals surface area contributed by atoms with E-state index >= 15 is 0 Å². The molecule has 2 rings (SSSR count). The lowest BCUT2D eigenvalue weighted by Gasteiger charge is -2.37. The van der Waals surface area contributed by atoms with Crippen LogP contribution in [0.5, 0.6) is 0 Å². The number of alkyl halides is 3. The number of rotatable bonds is 6. The summed E-state index contributed by atoms with van der Waals surface area (Å²) in [5, 5.41) is 11.9. The van der Waals surface area contributed by atoms with Gasteiger partial charge in [0.2, 0.25) is 5.91 Å². The molecule has 1 N–H and O–H groups in total. The van der Waals surface area contributed by atoms with Crippen LogP contribution in [-0.2, 0) is 11.2 Å². The first kappa shape index (κ1) is 19.2. The largest absolute Gasteiger partial charge is 0.405 e. The van der Waals surface area contributed by atoms with E-state index in [1.165, 1.54) is 12.1 Å². The van der Waals surface area contributed by atoms with Crippen molar-refractivity contribution in [2.45, 2.75) is 57.3 Å². The summed E-state index contributed by atoms with van der Waals surface area (Å²) in [4.78, 5) is 22.0. The molecule has 1 aromatic carbocycles. The van der Waals surface area contributed by atoms with Gasteiger partial charge in [0.05, 0.1) is 4.92 Å². The van der Waals surface area contributed by atoms with Crippen molar-refractivity contribution >= 4 is 11.6 Å². The van der Waals surface area contributed by atoms with Crippen LogP contribution in [0.15, 0.2) is 24.3 Å². The summed E-state index contributed by atoms with van der Waals surface area (Å²) in [7, 11) is 0. The molecular formula is C16H20F3N3O3.